The number of hydrogen-bond donors (Lipinski definition) is 0. The van der Waals surface area contributed by atoms with Crippen molar-refractivity contribution in [1.29, 1.82) is 0 Å². The fourth-order valence-electron chi connectivity index (χ4n) is 1.61. The molecule has 0 aliphatic heterocycles. The molecule has 0 heterocycles. The molecule has 0 nitrogen and oxygen atoms in total. The maximum absolute atomic E-state index is 3.99. The van der Waals surface area contributed by atoms with Crippen LogP contribution in [0.3, 0.4) is 0 Å². The predicted octanol–water partition coefficient (Wildman–Crippen LogP) is 4.84. The molecule has 0 radical (unpaired) electrons. The molecule has 0 aliphatic carbocycles. The number of benzene rings is 1. The van der Waals surface area contributed by atoms with Crippen LogP contribution in [0.15, 0.2) is 31.4 Å². The van der Waals surface area contributed by atoms with E-state index in [2.05, 4.69) is 53.0 Å². The third kappa shape index (κ3) is 3.75. The molecule has 0 bridgehead atoms. The highest BCUT2D eigenvalue weighted by molar-refractivity contribution is 5.68. The standard InChI is InChI=1S/C12H16.C3H6/c1-8(2)12-10(4)7-6-9(3)11(12)5;1-3-2/h6-7H,1H2,2-5H3;3H,1H2,2H3. The normalized spacial score (nSPS) is 8.87. The van der Waals surface area contributed by atoms with Crippen LogP contribution in [0, 0.1) is 20.8 Å². The third-order valence-corrected chi connectivity index (χ3v) is 2.37. The summed E-state index contributed by atoms with van der Waals surface area (Å²) in [5.41, 5.74) is 6.52. The molecule has 0 saturated carbocycles. The van der Waals surface area contributed by atoms with Gasteiger partial charge < -0.3 is 0 Å². The van der Waals surface area contributed by atoms with E-state index in [-0.39, 0.29) is 0 Å². The molecule has 15 heavy (non-hydrogen) atoms. The monoisotopic (exact) mass is 202 g/mol. The van der Waals surface area contributed by atoms with Crippen LogP contribution in [0.4, 0.5) is 0 Å². The van der Waals surface area contributed by atoms with Crippen molar-refractivity contribution in [2.45, 2.75) is 34.6 Å². The van der Waals surface area contributed by atoms with E-state index in [9.17, 15) is 0 Å². The second-order valence-electron chi connectivity index (χ2n) is 3.89. The average molecular weight is 202 g/mol. The summed E-state index contributed by atoms with van der Waals surface area (Å²) in [7, 11) is 0. The second-order valence-corrected chi connectivity index (χ2v) is 3.89. The van der Waals surface area contributed by atoms with Crippen molar-refractivity contribution in [2.75, 3.05) is 0 Å². The first-order valence-electron chi connectivity index (χ1n) is 5.25. The van der Waals surface area contributed by atoms with Gasteiger partial charge in [-0.25, -0.2) is 0 Å². The molecular weight excluding hydrogens is 180 g/mol. The van der Waals surface area contributed by atoms with Crippen molar-refractivity contribution in [3.05, 3.63) is 53.6 Å². The molecule has 1 rings (SSSR count). The molecule has 0 spiro atoms. The number of aryl methyl sites for hydroxylation is 2. The molecule has 0 amide bonds. The average Bonchev–Trinajstić information content (AvgIpc) is 2.13. The van der Waals surface area contributed by atoms with Gasteiger partial charge in [0.2, 0.25) is 0 Å². The molecule has 1 aromatic carbocycles. The minimum Gasteiger partial charge on any atom is -0.103 e. The molecule has 1 aromatic rings. The largest absolute Gasteiger partial charge is 0.103 e. The van der Waals surface area contributed by atoms with E-state index in [4.69, 9.17) is 0 Å². The second kappa shape index (κ2) is 6.23. The third-order valence-electron chi connectivity index (χ3n) is 2.37. The fraction of sp³-hybridized carbons (Fsp3) is 0.333. The van der Waals surface area contributed by atoms with E-state index in [0.717, 1.165) is 5.57 Å². The van der Waals surface area contributed by atoms with Gasteiger partial charge in [-0.2, -0.15) is 0 Å². The van der Waals surface area contributed by atoms with E-state index < -0.39 is 0 Å². The Morgan fingerprint density at radius 1 is 1.13 bits per heavy atom. The Labute approximate surface area is 94.3 Å². The van der Waals surface area contributed by atoms with Crippen LogP contribution < -0.4 is 0 Å². The Morgan fingerprint density at radius 3 is 1.87 bits per heavy atom. The first-order chi connectivity index (χ1) is 6.95. The van der Waals surface area contributed by atoms with Gasteiger partial charge in [0.15, 0.2) is 0 Å². The lowest BCUT2D eigenvalue weighted by atomic mass is 9.94. The molecule has 0 aliphatic rings. The zero-order chi connectivity index (χ0) is 12.0. The Bertz CT molecular complexity index is 357. The lowest BCUT2D eigenvalue weighted by molar-refractivity contribution is 1.26. The van der Waals surface area contributed by atoms with Crippen LogP contribution in [-0.4, -0.2) is 0 Å². The first kappa shape index (κ1) is 13.7. The van der Waals surface area contributed by atoms with Crippen LogP contribution >= 0.6 is 0 Å². The predicted molar refractivity (Wildman–Crippen MR) is 71.2 cm³/mol. The highest BCUT2D eigenvalue weighted by Crippen LogP contribution is 2.23. The van der Waals surface area contributed by atoms with Crippen LogP contribution in [0.1, 0.15) is 36.1 Å². The quantitative estimate of drug-likeness (QED) is 0.572. The highest BCUT2D eigenvalue weighted by Gasteiger charge is 2.04. The van der Waals surface area contributed by atoms with Crippen molar-refractivity contribution in [3.8, 4) is 0 Å². The molecular formula is C15H22. The molecule has 0 fully saturated rings. The fourth-order valence-corrected chi connectivity index (χ4v) is 1.61. The Morgan fingerprint density at radius 2 is 1.53 bits per heavy atom. The van der Waals surface area contributed by atoms with Gasteiger partial charge in [0.05, 0.1) is 0 Å². The van der Waals surface area contributed by atoms with Gasteiger partial charge in [0.25, 0.3) is 0 Å². The Hall–Kier alpha value is -1.30. The van der Waals surface area contributed by atoms with E-state index in [0.29, 0.717) is 0 Å². The van der Waals surface area contributed by atoms with E-state index >= 15 is 0 Å². The summed E-state index contributed by atoms with van der Waals surface area (Å²) in [5, 5.41) is 0. The minimum atomic E-state index is 1.16. The lowest BCUT2D eigenvalue weighted by Gasteiger charge is -2.11. The Kier molecular flexibility index (Phi) is 5.69. The maximum Gasteiger partial charge on any atom is -0.0172 e. The first-order valence-corrected chi connectivity index (χ1v) is 5.25. The molecule has 0 saturated heterocycles. The lowest BCUT2D eigenvalue weighted by Crippen LogP contribution is -1.92. The summed E-state index contributed by atoms with van der Waals surface area (Å²) in [4.78, 5) is 0. The van der Waals surface area contributed by atoms with E-state index in [1.807, 2.05) is 6.92 Å². The van der Waals surface area contributed by atoms with Crippen molar-refractivity contribution >= 4 is 5.57 Å². The van der Waals surface area contributed by atoms with Gasteiger partial charge in [-0.1, -0.05) is 30.4 Å². The topological polar surface area (TPSA) is 0 Å². The molecule has 0 unspecified atom stereocenters. The van der Waals surface area contributed by atoms with Crippen LogP contribution in [0.25, 0.3) is 5.57 Å². The SMILES string of the molecule is C=C(C)c1c(C)ccc(C)c1C.C=CC. The number of rotatable bonds is 1. The molecule has 0 heteroatoms. The summed E-state index contributed by atoms with van der Waals surface area (Å²) >= 11 is 0. The van der Waals surface area contributed by atoms with Gasteiger partial charge in [0.1, 0.15) is 0 Å². The van der Waals surface area contributed by atoms with Gasteiger partial charge >= 0.3 is 0 Å². The van der Waals surface area contributed by atoms with Crippen molar-refractivity contribution < 1.29 is 0 Å². The summed E-state index contributed by atoms with van der Waals surface area (Å²) in [6.07, 6.45) is 1.75. The molecule has 82 valence electrons. The zero-order valence-corrected chi connectivity index (χ0v) is 10.6. The summed E-state index contributed by atoms with van der Waals surface area (Å²) in [6.45, 7) is 17.7. The van der Waals surface area contributed by atoms with Crippen LogP contribution in [0.2, 0.25) is 0 Å². The number of allylic oxidation sites excluding steroid dienone is 2. The zero-order valence-electron chi connectivity index (χ0n) is 10.6. The van der Waals surface area contributed by atoms with E-state index in [1.54, 1.807) is 6.08 Å². The molecule has 0 N–H and O–H groups in total. The summed E-state index contributed by atoms with van der Waals surface area (Å²) < 4.78 is 0. The van der Waals surface area contributed by atoms with Gasteiger partial charge in [0, 0.05) is 0 Å². The van der Waals surface area contributed by atoms with E-state index in [1.165, 1.54) is 22.3 Å². The Balaban J connectivity index is 0.000000583. The molecule has 0 aromatic heterocycles. The van der Waals surface area contributed by atoms with Gasteiger partial charge in [-0.15, -0.1) is 6.58 Å². The molecule has 0 atom stereocenters. The van der Waals surface area contributed by atoms with Crippen LogP contribution in [-0.2, 0) is 0 Å². The van der Waals surface area contributed by atoms with Gasteiger partial charge in [-0.3, -0.25) is 0 Å². The van der Waals surface area contributed by atoms with Crippen molar-refractivity contribution in [2.24, 2.45) is 0 Å². The van der Waals surface area contributed by atoms with Crippen molar-refractivity contribution in [1.82, 2.24) is 0 Å². The number of hydrogen-bond acceptors (Lipinski definition) is 0. The maximum atomic E-state index is 3.99. The smallest absolute Gasteiger partial charge is 0.0172 e. The minimum absolute atomic E-state index is 1.16. The summed E-state index contributed by atoms with van der Waals surface area (Å²) in [6, 6.07) is 4.32. The summed E-state index contributed by atoms with van der Waals surface area (Å²) in [5.74, 6) is 0. The van der Waals surface area contributed by atoms with Gasteiger partial charge in [-0.05, 0) is 56.9 Å². The van der Waals surface area contributed by atoms with Crippen molar-refractivity contribution in [3.63, 3.8) is 0 Å². The van der Waals surface area contributed by atoms with Crippen LogP contribution in [0.5, 0.6) is 0 Å². The highest BCUT2D eigenvalue weighted by atomic mass is 14.1.